The molecule has 0 aliphatic heterocycles. The molecule has 2 rings (SSSR count). The minimum atomic E-state index is 0.256. The molecular weight excluding hydrogens is 240 g/mol. The summed E-state index contributed by atoms with van der Waals surface area (Å²) in [6, 6.07) is 8.65. The summed E-state index contributed by atoms with van der Waals surface area (Å²) in [5, 5.41) is 12.8. The molecule has 0 radical (unpaired) electrons. The van der Waals surface area contributed by atoms with E-state index in [4.69, 9.17) is 26.1 Å². The van der Waals surface area contributed by atoms with Gasteiger partial charge in [-0.25, -0.2) is 0 Å². The molecule has 0 saturated carbocycles. The number of nitrogens with zero attached hydrogens (tertiary/aromatic N) is 2. The van der Waals surface area contributed by atoms with Crippen molar-refractivity contribution in [1.29, 1.82) is 5.26 Å². The van der Waals surface area contributed by atoms with Crippen LogP contribution in [0.25, 0.3) is 0 Å². The maximum absolute atomic E-state index is 8.69. The number of ether oxygens (including phenoxy) is 1. The fourth-order valence-corrected chi connectivity index (χ4v) is 1.56. The van der Waals surface area contributed by atoms with Gasteiger partial charge in [-0.3, -0.25) is 0 Å². The first-order chi connectivity index (χ1) is 8.19. The zero-order valence-electron chi connectivity index (χ0n) is 9.11. The zero-order valence-corrected chi connectivity index (χ0v) is 9.86. The molecule has 0 unspecified atom stereocenters. The van der Waals surface area contributed by atoms with Crippen molar-refractivity contribution in [2.75, 3.05) is 0 Å². The molecule has 0 amide bonds. The van der Waals surface area contributed by atoms with Gasteiger partial charge in [-0.1, -0.05) is 16.8 Å². The zero-order chi connectivity index (χ0) is 12.3. The minimum Gasteiger partial charge on any atom is -0.484 e. The predicted octanol–water partition coefficient (Wildman–Crippen LogP) is 3.09. The van der Waals surface area contributed by atoms with Crippen LogP contribution in [-0.2, 0) is 6.61 Å². The average Bonchev–Trinajstić information content (AvgIpc) is 2.73. The number of hydrogen-bond donors (Lipinski definition) is 0. The highest BCUT2D eigenvalue weighted by Gasteiger charge is 2.05. The lowest BCUT2D eigenvalue weighted by Crippen LogP contribution is -1.94. The lowest BCUT2D eigenvalue weighted by atomic mass is 10.2. The molecule has 17 heavy (non-hydrogen) atoms. The van der Waals surface area contributed by atoms with E-state index in [9.17, 15) is 0 Å². The SMILES string of the molecule is Cc1cc(COc2ccc(C#N)cc2Cl)on1. The second-order valence-electron chi connectivity index (χ2n) is 3.48. The normalized spacial score (nSPS) is 9.94. The van der Waals surface area contributed by atoms with E-state index >= 15 is 0 Å². The van der Waals surface area contributed by atoms with Crippen molar-refractivity contribution in [1.82, 2.24) is 5.16 Å². The number of nitriles is 1. The fourth-order valence-electron chi connectivity index (χ4n) is 1.32. The van der Waals surface area contributed by atoms with E-state index in [-0.39, 0.29) is 6.61 Å². The van der Waals surface area contributed by atoms with Crippen molar-refractivity contribution in [2.45, 2.75) is 13.5 Å². The average molecular weight is 249 g/mol. The Hall–Kier alpha value is -1.99. The van der Waals surface area contributed by atoms with Crippen LogP contribution in [0.2, 0.25) is 5.02 Å². The molecular formula is C12H9ClN2O2. The van der Waals surface area contributed by atoms with Crippen LogP contribution in [0.5, 0.6) is 5.75 Å². The molecule has 1 aromatic carbocycles. The van der Waals surface area contributed by atoms with E-state index in [0.717, 1.165) is 5.69 Å². The first-order valence-electron chi connectivity index (χ1n) is 4.93. The summed E-state index contributed by atoms with van der Waals surface area (Å²) < 4.78 is 10.5. The third-order valence-electron chi connectivity index (χ3n) is 2.11. The van der Waals surface area contributed by atoms with Gasteiger partial charge in [0.1, 0.15) is 12.4 Å². The number of halogens is 1. The van der Waals surface area contributed by atoms with Crippen molar-refractivity contribution in [3.63, 3.8) is 0 Å². The maximum atomic E-state index is 8.69. The van der Waals surface area contributed by atoms with Gasteiger partial charge < -0.3 is 9.26 Å². The van der Waals surface area contributed by atoms with Crippen LogP contribution in [0, 0.1) is 18.3 Å². The highest BCUT2D eigenvalue weighted by molar-refractivity contribution is 6.32. The van der Waals surface area contributed by atoms with E-state index in [0.29, 0.717) is 22.1 Å². The first kappa shape index (κ1) is 11.5. The third-order valence-corrected chi connectivity index (χ3v) is 2.40. The van der Waals surface area contributed by atoms with E-state index < -0.39 is 0 Å². The van der Waals surface area contributed by atoms with Crippen LogP contribution >= 0.6 is 11.6 Å². The Morgan fingerprint density at radius 3 is 2.88 bits per heavy atom. The van der Waals surface area contributed by atoms with E-state index in [1.165, 1.54) is 0 Å². The summed E-state index contributed by atoms with van der Waals surface area (Å²) in [5.74, 6) is 1.14. The number of aryl methyl sites for hydroxylation is 1. The van der Waals surface area contributed by atoms with Gasteiger partial charge in [0.25, 0.3) is 0 Å². The molecule has 0 saturated heterocycles. The molecule has 0 aliphatic carbocycles. The molecule has 86 valence electrons. The summed E-state index contributed by atoms with van der Waals surface area (Å²) in [6.07, 6.45) is 0. The van der Waals surface area contributed by atoms with Crippen LogP contribution in [0.1, 0.15) is 17.0 Å². The van der Waals surface area contributed by atoms with Gasteiger partial charge in [0.05, 0.1) is 22.3 Å². The number of rotatable bonds is 3. The summed E-state index contributed by atoms with van der Waals surface area (Å²) in [6.45, 7) is 2.09. The van der Waals surface area contributed by atoms with Crippen LogP contribution in [-0.4, -0.2) is 5.16 Å². The minimum absolute atomic E-state index is 0.256. The van der Waals surface area contributed by atoms with Crippen LogP contribution in [0.15, 0.2) is 28.8 Å². The van der Waals surface area contributed by atoms with Crippen molar-refractivity contribution in [2.24, 2.45) is 0 Å². The maximum Gasteiger partial charge on any atom is 0.174 e. The summed E-state index contributed by atoms with van der Waals surface area (Å²) in [4.78, 5) is 0. The van der Waals surface area contributed by atoms with Gasteiger partial charge in [0.15, 0.2) is 5.76 Å². The molecule has 0 bridgehead atoms. The Bertz CT molecular complexity index is 572. The summed E-state index contributed by atoms with van der Waals surface area (Å²) in [7, 11) is 0. The molecule has 2 aromatic rings. The van der Waals surface area contributed by atoms with E-state index in [1.807, 2.05) is 13.0 Å². The third kappa shape index (κ3) is 2.77. The van der Waals surface area contributed by atoms with Crippen LogP contribution in [0.4, 0.5) is 0 Å². The van der Waals surface area contributed by atoms with Crippen molar-refractivity contribution >= 4 is 11.6 Å². The molecule has 0 spiro atoms. The lowest BCUT2D eigenvalue weighted by Gasteiger charge is -2.05. The second kappa shape index (κ2) is 4.89. The Morgan fingerprint density at radius 2 is 2.29 bits per heavy atom. The van der Waals surface area contributed by atoms with Gasteiger partial charge >= 0.3 is 0 Å². The standard InChI is InChI=1S/C12H9ClN2O2/c1-8-4-10(17-15-8)7-16-12-3-2-9(6-14)5-11(12)13/h2-5H,7H2,1H3. The number of aromatic nitrogens is 1. The quantitative estimate of drug-likeness (QED) is 0.838. The first-order valence-corrected chi connectivity index (χ1v) is 5.31. The summed E-state index contributed by atoms with van der Waals surface area (Å²) in [5.41, 5.74) is 1.30. The van der Waals surface area contributed by atoms with Crippen molar-refractivity contribution in [3.05, 3.63) is 46.3 Å². The topological polar surface area (TPSA) is 59.0 Å². The second-order valence-corrected chi connectivity index (χ2v) is 3.89. The Balaban J connectivity index is 2.07. The predicted molar refractivity (Wildman–Crippen MR) is 61.7 cm³/mol. The molecule has 4 nitrogen and oxygen atoms in total. The van der Waals surface area contributed by atoms with Crippen molar-refractivity contribution in [3.8, 4) is 11.8 Å². The van der Waals surface area contributed by atoms with E-state index in [1.54, 1.807) is 24.3 Å². The monoisotopic (exact) mass is 248 g/mol. The van der Waals surface area contributed by atoms with Crippen molar-refractivity contribution < 1.29 is 9.26 Å². The highest BCUT2D eigenvalue weighted by Crippen LogP contribution is 2.26. The molecule has 0 N–H and O–H groups in total. The van der Waals surface area contributed by atoms with E-state index in [2.05, 4.69) is 5.16 Å². The van der Waals surface area contributed by atoms with Gasteiger partial charge in [0.2, 0.25) is 0 Å². The van der Waals surface area contributed by atoms with Gasteiger partial charge in [-0.15, -0.1) is 0 Å². The molecule has 0 fully saturated rings. The van der Waals surface area contributed by atoms with Gasteiger partial charge in [0, 0.05) is 6.07 Å². The highest BCUT2D eigenvalue weighted by atomic mass is 35.5. The largest absolute Gasteiger partial charge is 0.484 e. The van der Waals surface area contributed by atoms with Crippen LogP contribution in [0.3, 0.4) is 0 Å². The van der Waals surface area contributed by atoms with Gasteiger partial charge in [-0.2, -0.15) is 5.26 Å². The molecule has 1 heterocycles. The smallest absolute Gasteiger partial charge is 0.174 e. The summed E-state index contributed by atoms with van der Waals surface area (Å²) >= 11 is 5.96. The molecule has 0 atom stereocenters. The lowest BCUT2D eigenvalue weighted by molar-refractivity contribution is 0.249. The number of benzene rings is 1. The molecule has 1 aromatic heterocycles. The van der Waals surface area contributed by atoms with Gasteiger partial charge in [-0.05, 0) is 25.1 Å². The molecule has 0 aliphatic rings. The Labute approximate surface area is 103 Å². The Kier molecular flexibility index (Phi) is 3.31. The number of hydrogen-bond acceptors (Lipinski definition) is 4. The fraction of sp³-hybridized carbons (Fsp3) is 0.167. The molecule has 5 heteroatoms. The van der Waals surface area contributed by atoms with Crippen LogP contribution < -0.4 is 4.74 Å². The Morgan fingerprint density at radius 1 is 1.47 bits per heavy atom.